The molecular weight excluding hydrogens is 1860 g/mol. The van der Waals surface area contributed by atoms with Crippen molar-refractivity contribution in [2.24, 2.45) is 0 Å². The SMILES string of the molecule is CC(=O)N1CCN(Cc2c(-c3ccc(Cl)cc3)nc3cnc(NS(C)(=O)=O)cn23)CC1.COCC(=O)N1CCN(Cc2c(-c3ccc(Cl)cc3Cl)nc3ccc(N(C)S(C)(=O)=O)cn23)CC1.CS(=O)(=O)N1CCN(Cc2c(-c3ccc(Cl)cc3Cl)nc3cnc(C4CC4)cn23)CC1.Clc1ccc(-c2nc3ccc(-c4ncon4)cn3c2CN2CCn3ncnc3C2)c(Cl)c1. The van der Waals surface area contributed by atoms with Gasteiger partial charge in [-0.15, -0.1) is 0 Å². The first-order chi connectivity index (χ1) is 61.7. The van der Waals surface area contributed by atoms with E-state index in [1.807, 2.05) is 97.5 Å². The summed E-state index contributed by atoms with van der Waals surface area (Å²) in [6.45, 7) is 14.1. The largest absolute Gasteiger partial charge is 0.375 e. The second-order valence-electron chi connectivity index (χ2n) is 31.9. The van der Waals surface area contributed by atoms with Crippen LogP contribution >= 0.6 is 81.2 Å². The number of carbonyl (C=O) groups is 2. The first kappa shape index (κ1) is 92.2. The van der Waals surface area contributed by atoms with Crippen molar-refractivity contribution in [3.05, 3.63) is 222 Å². The van der Waals surface area contributed by atoms with Crippen molar-refractivity contribution in [1.82, 2.24) is 106 Å². The third kappa shape index (κ3) is 21.8. The molecular formula is C85H89Cl7N24O10S3. The number of rotatable bonds is 21. The number of imidazole rings is 4. The number of hydrogen-bond donors (Lipinski definition) is 1. The van der Waals surface area contributed by atoms with Crippen LogP contribution in [0, 0.1) is 0 Å². The molecule has 10 aromatic heterocycles. The molecule has 44 heteroatoms. The van der Waals surface area contributed by atoms with Gasteiger partial charge in [-0.05, 0) is 104 Å². The van der Waals surface area contributed by atoms with Gasteiger partial charge >= 0.3 is 0 Å². The van der Waals surface area contributed by atoms with E-state index in [-0.39, 0.29) is 24.2 Å². The molecule has 34 nitrogen and oxygen atoms in total. The number of methoxy groups -OCH3 is 1. The smallest absolute Gasteiger partial charge is 0.248 e. The minimum Gasteiger partial charge on any atom is -0.375 e. The summed E-state index contributed by atoms with van der Waals surface area (Å²) in [7, 11) is -7.03. The van der Waals surface area contributed by atoms with E-state index in [0.717, 1.165) is 129 Å². The van der Waals surface area contributed by atoms with Crippen LogP contribution in [0.5, 0.6) is 0 Å². The zero-order chi connectivity index (χ0) is 90.9. The van der Waals surface area contributed by atoms with Gasteiger partial charge in [0.05, 0.1) is 122 Å². The van der Waals surface area contributed by atoms with Gasteiger partial charge in [-0.2, -0.15) is 14.4 Å². The highest BCUT2D eigenvalue weighted by molar-refractivity contribution is 7.92. The first-order valence-corrected chi connectivity index (χ1v) is 49.3. The highest BCUT2D eigenvalue weighted by atomic mass is 35.5. The number of hydrogen-bond acceptors (Lipinski definition) is 24. The second-order valence-corrected chi connectivity index (χ2v) is 40.6. The van der Waals surface area contributed by atoms with Crippen LogP contribution < -0.4 is 9.03 Å². The number of aromatic nitrogens is 15. The van der Waals surface area contributed by atoms with Gasteiger partial charge in [0.1, 0.15) is 30.1 Å². The zero-order valence-electron chi connectivity index (χ0n) is 70.8. The van der Waals surface area contributed by atoms with Crippen LogP contribution in [0.15, 0.2) is 158 Å². The van der Waals surface area contributed by atoms with Gasteiger partial charge in [0.15, 0.2) is 17.1 Å². The number of carbonyl (C=O) groups excluding carboxylic acids is 2. The molecule has 0 radical (unpaired) electrons. The number of fused-ring (bicyclic) bond motifs is 5. The highest BCUT2D eigenvalue weighted by Gasteiger charge is 2.33. The monoisotopic (exact) mass is 1950 g/mol. The van der Waals surface area contributed by atoms with Crippen LogP contribution in [-0.4, -0.2) is 268 Å². The summed E-state index contributed by atoms with van der Waals surface area (Å²) in [4.78, 5) is 73.2. The van der Waals surface area contributed by atoms with Crippen LogP contribution in [-0.2, 0) is 83.7 Å². The Kier molecular flexibility index (Phi) is 28.0. The average Bonchev–Trinajstić information content (AvgIpc) is 1.63. The standard InChI is InChI=1S/C23H27Cl2N5O4S.C21H16Cl2N8O.C21H23Cl2N5O2S.C20H23ClN6O3S/c1-27(35(3,32)33)17-5-7-21-26-23(18-6-4-16(24)12-19(18)25)20(30(21)13-17)14-28-8-10-29(11-9-28)22(31)15-34-2;22-14-2-3-15(16(23)7-14)20-17(9-29-5-6-31-19(10-29)24-11-26-31)30-8-13(1-4-18(30)27-20)21-25-12-32-28-21;1-31(29,30)27-8-6-26(7-9-27)13-19-21(16-5-4-15(22)10-17(16)23)25-20-11-24-18(12-28(19)20)14-2-3-14;1-14(28)26-9-7-25(8-10-26)12-17-20(15-3-5-16(21)6-4-15)23-19-11-22-18(13-27(17)19)24-31(2,29)30/h4-7,12-13H,8-11,14-15H2,1-3H3;1-4,7-8,11-12H,5-6,9-10H2;4-5,10-12,14H,2-3,6-9,13H2,1H3;3-6,11,13,24H,7-10,12H2,1-2H3. The van der Waals surface area contributed by atoms with Gasteiger partial charge in [0.2, 0.25) is 54.1 Å². The van der Waals surface area contributed by atoms with Crippen molar-refractivity contribution in [3.63, 3.8) is 0 Å². The number of benzene rings is 4. The maximum Gasteiger partial charge on any atom is 0.248 e. The zero-order valence-corrected chi connectivity index (χ0v) is 78.5. The average molecular weight is 1950 g/mol. The van der Waals surface area contributed by atoms with E-state index in [1.165, 1.54) is 48.3 Å². The van der Waals surface area contributed by atoms with E-state index in [9.17, 15) is 34.8 Å². The van der Waals surface area contributed by atoms with Gasteiger partial charge in [-0.25, -0.2) is 59.8 Å². The van der Waals surface area contributed by atoms with Crippen molar-refractivity contribution in [3.8, 4) is 56.4 Å². The Bertz CT molecular complexity index is 6880. The fraction of sp³-hybridized carbons (Fsp3) is 0.341. The molecule has 19 rings (SSSR count). The number of piperazine rings is 3. The van der Waals surface area contributed by atoms with Crippen LogP contribution in [0.2, 0.25) is 35.2 Å². The van der Waals surface area contributed by atoms with Crippen LogP contribution in [0.1, 0.15) is 60.0 Å². The fourth-order valence-electron chi connectivity index (χ4n) is 15.9. The topological polar surface area (TPSA) is 348 Å². The maximum atomic E-state index is 12.2. The number of pyridine rings is 2. The number of halogens is 7. The van der Waals surface area contributed by atoms with Crippen LogP contribution in [0.3, 0.4) is 0 Å². The Hall–Kier alpha value is -10.0. The molecule has 1 aliphatic carbocycles. The molecule has 14 heterocycles. The van der Waals surface area contributed by atoms with Gasteiger partial charge in [-0.1, -0.05) is 98.5 Å². The van der Waals surface area contributed by atoms with Crippen molar-refractivity contribution in [1.29, 1.82) is 0 Å². The van der Waals surface area contributed by atoms with Crippen LogP contribution in [0.25, 0.3) is 79.0 Å². The predicted molar refractivity (Wildman–Crippen MR) is 497 cm³/mol. The number of ether oxygens (including phenoxy) is 1. The van der Waals surface area contributed by atoms with E-state index in [2.05, 4.69) is 69.5 Å². The van der Waals surface area contributed by atoms with E-state index >= 15 is 0 Å². The van der Waals surface area contributed by atoms with Gasteiger partial charge in [-0.3, -0.25) is 56.4 Å². The molecule has 0 bridgehead atoms. The Balaban J connectivity index is 0.000000126. The number of anilines is 2. The third-order valence-electron chi connectivity index (χ3n) is 22.9. The highest BCUT2D eigenvalue weighted by Crippen LogP contribution is 2.42. The lowest BCUT2D eigenvalue weighted by atomic mass is 10.1. The van der Waals surface area contributed by atoms with E-state index < -0.39 is 30.1 Å². The van der Waals surface area contributed by atoms with Crippen molar-refractivity contribution in [2.45, 2.75) is 65.0 Å². The summed E-state index contributed by atoms with van der Waals surface area (Å²) < 4.78 is 96.2. The van der Waals surface area contributed by atoms with Crippen molar-refractivity contribution >= 4 is 157 Å². The quantitative estimate of drug-likeness (QED) is 0.0698. The number of nitrogens with one attached hydrogen (secondary N) is 1. The molecule has 0 atom stereocenters. The molecule has 0 spiro atoms. The number of sulfonamides is 3. The molecule has 4 aliphatic heterocycles. The molecule has 1 N–H and O–H groups in total. The number of nitrogens with zero attached hydrogens (tertiary/aromatic N) is 23. The van der Waals surface area contributed by atoms with Crippen molar-refractivity contribution in [2.75, 3.05) is 134 Å². The molecule has 2 amide bonds. The van der Waals surface area contributed by atoms with E-state index in [1.54, 1.807) is 73.1 Å². The molecule has 3 saturated heterocycles. The minimum absolute atomic E-state index is 0.0240. The van der Waals surface area contributed by atoms with Crippen LogP contribution in [0.4, 0.5) is 11.5 Å². The molecule has 4 fully saturated rings. The molecule has 129 heavy (non-hydrogen) atoms. The summed E-state index contributed by atoms with van der Waals surface area (Å²) in [5, 5.41) is 12.1. The Morgan fingerprint density at radius 1 is 0.504 bits per heavy atom. The Labute approximate surface area is 779 Å². The third-order valence-corrected chi connectivity index (χ3v) is 27.9. The van der Waals surface area contributed by atoms with Gasteiger partial charge in [0, 0.05) is 205 Å². The van der Waals surface area contributed by atoms with Gasteiger partial charge < -0.3 is 23.5 Å². The summed E-state index contributed by atoms with van der Waals surface area (Å²) in [6, 6.07) is 31.0. The summed E-state index contributed by atoms with van der Waals surface area (Å²) in [5.41, 5.74) is 15.5. The second kappa shape index (κ2) is 39.2. The molecule has 4 aromatic carbocycles. The molecule has 14 aromatic rings. The molecule has 0 unspecified atom stereocenters. The maximum absolute atomic E-state index is 12.2. The lowest BCUT2D eigenvalue weighted by molar-refractivity contribution is -0.137. The fourth-order valence-corrected chi connectivity index (χ4v) is 19.3. The van der Waals surface area contributed by atoms with E-state index in [4.69, 9.17) is 110 Å². The number of amides is 2. The normalized spacial score (nSPS) is 15.8. The van der Waals surface area contributed by atoms with Crippen molar-refractivity contribution < 1.29 is 44.1 Å². The van der Waals surface area contributed by atoms with E-state index in [0.29, 0.717) is 168 Å². The molecule has 676 valence electrons. The minimum atomic E-state index is -3.46. The Morgan fingerprint density at radius 3 is 1.49 bits per heavy atom. The van der Waals surface area contributed by atoms with Gasteiger partial charge in [0.25, 0.3) is 0 Å². The first-order valence-electron chi connectivity index (χ1n) is 41.0. The summed E-state index contributed by atoms with van der Waals surface area (Å²) in [5.74, 6) is 2.27. The molecule has 1 saturated carbocycles. The lowest BCUT2D eigenvalue weighted by Crippen LogP contribution is -2.49. The summed E-state index contributed by atoms with van der Waals surface area (Å²) >= 11 is 44.1. The molecule has 5 aliphatic rings. The summed E-state index contributed by atoms with van der Waals surface area (Å²) in [6.07, 6.45) is 19.6. The predicted octanol–water partition coefficient (Wildman–Crippen LogP) is 12.7. The Morgan fingerprint density at radius 2 is 0.977 bits per heavy atom. The lowest BCUT2D eigenvalue weighted by Gasteiger charge is -2.34.